The lowest BCUT2D eigenvalue weighted by Gasteiger charge is -2.23. The molecule has 0 bridgehead atoms. The maximum atomic E-state index is 11.8. The average molecular weight is 366 g/mol. The lowest BCUT2D eigenvalue weighted by Crippen LogP contribution is -2.29. The van der Waals surface area contributed by atoms with Crippen molar-refractivity contribution in [2.45, 2.75) is 25.3 Å². The summed E-state index contributed by atoms with van der Waals surface area (Å²) in [5, 5.41) is 0. The number of Topliss-reactive ketones (excluding diaryl/α,β-unsaturated/α-hetero) is 1. The molecule has 2 unspecified atom stereocenters. The summed E-state index contributed by atoms with van der Waals surface area (Å²) in [6.45, 7) is 3.07. The van der Waals surface area contributed by atoms with E-state index in [1.165, 1.54) is 5.56 Å². The van der Waals surface area contributed by atoms with Crippen LogP contribution in [-0.2, 0) is 4.79 Å². The van der Waals surface area contributed by atoms with Gasteiger partial charge in [0.25, 0.3) is 0 Å². The molecule has 1 amide bonds. The van der Waals surface area contributed by atoms with Crippen molar-refractivity contribution in [3.05, 3.63) is 59.2 Å². The highest BCUT2D eigenvalue weighted by Gasteiger charge is 2.35. The van der Waals surface area contributed by atoms with E-state index >= 15 is 0 Å². The monoisotopic (exact) mass is 366 g/mol. The summed E-state index contributed by atoms with van der Waals surface area (Å²) in [7, 11) is 0. The maximum Gasteiger partial charge on any atom is 0.248 e. The predicted octanol–water partition coefficient (Wildman–Crippen LogP) is 2.63. The van der Waals surface area contributed by atoms with E-state index in [1.807, 2.05) is 24.3 Å². The molecule has 2 aromatic rings. The zero-order valence-electron chi connectivity index (χ0n) is 15.2. The second kappa shape index (κ2) is 7.04. The summed E-state index contributed by atoms with van der Waals surface area (Å²) in [6, 6.07) is 13.5. The highest BCUT2D eigenvalue weighted by molar-refractivity contribution is 5.92. The third-order valence-corrected chi connectivity index (χ3v) is 5.28. The number of nitrogens with zero attached hydrogens (tertiary/aromatic N) is 1. The largest absolute Gasteiger partial charge is 0.454 e. The van der Waals surface area contributed by atoms with Crippen LogP contribution in [0.25, 0.3) is 0 Å². The number of nitrogens with two attached hydrogens (primary N) is 1. The molecule has 2 aliphatic rings. The van der Waals surface area contributed by atoms with Crippen LogP contribution in [0, 0.1) is 0 Å². The van der Waals surface area contributed by atoms with Gasteiger partial charge in [-0.2, -0.15) is 0 Å². The van der Waals surface area contributed by atoms with Gasteiger partial charge in [-0.05, 0) is 54.7 Å². The standard InChI is InChI=1S/C21H22N2O4/c1-13(24)10-23-11-17(16-6-7-19-20(9-16)27-12-26-19)8-18(23)14-2-4-15(5-3-14)21(22)25/h2-7,9,17-18H,8,10-12H2,1H3,(H2,22,25). The van der Waals surface area contributed by atoms with Crippen LogP contribution < -0.4 is 15.2 Å². The molecule has 0 saturated carbocycles. The molecule has 6 heteroatoms. The van der Waals surface area contributed by atoms with Crippen LogP contribution in [0.4, 0.5) is 0 Å². The number of ketones is 1. The van der Waals surface area contributed by atoms with Crippen LogP contribution in [0.1, 0.15) is 46.8 Å². The zero-order valence-corrected chi connectivity index (χ0v) is 15.2. The number of hydrogen-bond donors (Lipinski definition) is 1. The summed E-state index contributed by atoms with van der Waals surface area (Å²) in [6.07, 6.45) is 0.892. The first-order valence-corrected chi connectivity index (χ1v) is 9.04. The summed E-state index contributed by atoms with van der Waals surface area (Å²) in [4.78, 5) is 25.3. The van der Waals surface area contributed by atoms with E-state index in [4.69, 9.17) is 15.2 Å². The first-order valence-electron chi connectivity index (χ1n) is 9.04. The third kappa shape index (κ3) is 3.53. The fraction of sp³-hybridized carbons (Fsp3) is 0.333. The van der Waals surface area contributed by atoms with Crippen LogP contribution in [-0.4, -0.2) is 36.5 Å². The van der Waals surface area contributed by atoms with E-state index in [0.29, 0.717) is 18.0 Å². The Balaban J connectivity index is 1.60. The highest BCUT2D eigenvalue weighted by Crippen LogP contribution is 2.43. The molecule has 0 aromatic heterocycles. The Bertz CT molecular complexity index is 878. The molecule has 1 saturated heterocycles. The van der Waals surface area contributed by atoms with Crippen molar-refractivity contribution >= 4 is 11.7 Å². The summed E-state index contributed by atoms with van der Waals surface area (Å²) in [5.74, 6) is 1.54. The van der Waals surface area contributed by atoms with Gasteiger partial charge in [0, 0.05) is 18.2 Å². The molecule has 2 atom stereocenters. The molecule has 2 N–H and O–H groups in total. The van der Waals surface area contributed by atoms with Crippen LogP contribution in [0.5, 0.6) is 11.5 Å². The Morgan fingerprint density at radius 3 is 2.48 bits per heavy atom. The molecule has 4 rings (SSSR count). The van der Waals surface area contributed by atoms with Crippen LogP contribution in [0.15, 0.2) is 42.5 Å². The lowest BCUT2D eigenvalue weighted by atomic mass is 9.93. The van der Waals surface area contributed by atoms with Crippen LogP contribution >= 0.6 is 0 Å². The van der Waals surface area contributed by atoms with E-state index in [9.17, 15) is 9.59 Å². The van der Waals surface area contributed by atoms with Crippen LogP contribution in [0.2, 0.25) is 0 Å². The molecular formula is C21H22N2O4. The van der Waals surface area contributed by atoms with Gasteiger partial charge in [-0.3, -0.25) is 14.5 Å². The maximum absolute atomic E-state index is 11.8. The summed E-state index contributed by atoms with van der Waals surface area (Å²) < 4.78 is 10.9. The van der Waals surface area contributed by atoms with Crippen LogP contribution in [0.3, 0.4) is 0 Å². The minimum Gasteiger partial charge on any atom is -0.454 e. The Hall–Kier alpha value is -2.86. The van der Waals surface area contributed by atoms with Gasteiger partial charge in [0.05, 0.1) is 6.54 Å². The number of ether oxygens (including phenoxy) is 2. The van der Waals surface area contributed by atoms with Gasteiger partial charge in [0.2, 0.25) is 12.7 Å². The smallest absolute Gasteiger partial charge is 0.248 e. The average Bonchev–Trinajstić information content (AvgIpc) is 3.27. The van der Waals surface area contributed by atoms with Crippen molar-refractivity contribution in [3.63, 3.8) is 0 Å². The molecule has 140 valence electrons. The third-order valence-electron chi connectivity index (χ3n) is 5.28. The number of rotatable bonds is 5. The number of amides is 1. The van der Waals surface area contributed by atoms with E-state index < -0.39 is 5.91 Å². The van der Waals surface area contributed by atoms with Crippen molar-refractivity contribution in [2.24, 2.45) is 5.73 Å². The van der Waals surface area contributed by atoms with Gasteiger partial charge < -0.3 is 15.2 Å². The lowest BCUT2D eigenvalue weighted by molar-refractivity contribution is -0.118. The molecule has 1 fully saturated rings. The van der Waals surface area contributed by atoms with Gasteiger partial charge in [0.15, 0.2) is 11.5 Å². The summed E-state index contributed by atoms with van der Waals surface area (Å²) >= 11 is 0. The van der Waals surface area contributed by atoms with E-state index in [2.05, 4.69) is 11.0 Å². The first-order chi connectivity index (χ1) is 13.0. The fourth-order valence-corrected chi connectivity index (χ4v) is 3.99. The predicted molar refractivity (Wildman–Crippen MR) is 99.9 cm³/mol. The SMILES string of the molecule is CC(=O)CN1CC(c2ccc3c(c2)OCO3)CC1c1ccc(C(N)=O)cc1. The van der Waals surface area contributed by atoms with Gasteiger partial charge in [-0.1, -0.05) is 18.2 Å². The van der Waals surface area contributed by atoms with Crippen molar-refractivity contribution in [3.8, 4) is 11.5 Å². The van der Waals surface area contributed by atoms with E-state index in [-0.39, 0.29) is 18.6 Å². The molecule has 0 radical (unpaired) electrons. The Morgan fingerprint density at radius 2 is 1.78 bits per heavy atom. The molecular weight excluding hydrogens is 344 g/mol. The molecule has 2 aliphatic heterocycles. The second-order valence-electron chi connectivity index (χ2n) is 7.18. The number of carbonyl (C=O) groups excluding carboxylic acids is 2. The zero-order chi connectivity index (χ0) is 19.0. The topological polar surface area (TPSA) is 81.9 Å². The first kappa shape index (κ1) is 17.5. The van der Waals surface area contributed by atoms with Crippen molar-refractivity contribution in [1.29, 1.82) is 0 Å². The minimum atomic E-state index is -0.438. The molecule has 6 nitrogen and oxygen atoms in total. The Labute approximate surface area is 157 Å². The molecule has 2 aromatic carbocycles. The van der Waals surface area contributed by atoms with Gasteiger partial charge >= 0.3 is 0 Å². The molecule has 0 spiro atoms. The van der Waals surface area contributed by atoms with Crippen molar-refractivity contribution in [2.75, 3.05) is 19.9 Å². The number of hydrogen-bond acceptors (Lipinski definition) is 5. The number of carbonyl (C=O) groups is 2. The van der Waals surface area contributed by atoms with Crippen molar-refractivity contribution in [1.82, 2.24) is 4.90 Å². The second-order valence-corrected chi connectivity index (χ2v) is 7.18. The molecule has 0 aliphatic carbocycles. The molecule has 27 heavy (non-hydrogen) atoms. The number of likely N-dealkylation sites (tertiary alicyclic amines) is 1. The van der Waals surface area contributed by atoms with E-state index in [1.54, 1.807) is 19.1 Å². The van der Waals surface area contributed by atoms with E-state index in [0.717, 1.165) is 30.0 Å². The summed E-state index contributed by atoms with van der Waals surface area (Å²) in [5.41, 5.74) is 8.10. The normalized spacial score (nSPS) is 21.4. The highest BCUT2D eigenvalue weighted by atomic mass is 16.7. The van der Waals surface area contributed by atoms with Gasteiger partial charge in [-0.25, -0.2) is 0 Å². The number of primary amides is 1. The Morgan fingerprint density at radius 1 is 1.07 bits per heavy atom. The quantitative estimate of drug-likeness (QED) is 0.880. The number of benzene rings is 2. The Kier molecular flexibility index (Phi) is 4.58. The van der Waals surface area contributed by atoms with Gasteiger partial charge in [-0.15, -0.1) is 0 Å². The minimum absolute atomic E-state index is 0.117. The fourth-order valence-electron chi connectivity index (χ4n) is 3.99. The number of fused-ring (bicyclic) bond motifs is 1. The van der Waals surface area contributed by atoms with Crippen molar-refractivity contribution < 1.29 is 19.1 Å². The molecule has 2 heterocycles. The van der Waals surface area contributed by atoms with Gasteiger partial charge in [0.1, 0.15) is 5.78 Å².